The summed E-state index contributed by atoms with van der Waals surface area (Å²) in [5, 5.41) is -0.315. The second kappa shape index (κ2) is 4.37. The van der Waals surface area contributed by atoms with E-state index >= 15 is 0 Å². The normalized spacial score (nSPS) is 12.6. The van der Waals surface area contributed by atoms with E-state index in [2.05, 4.69) is 8.70 Å². The summed E-state index contributed by atoms with van der Waals surface area (Å²) in [6, 6.07) is 5.08. The number of halogens is 3. The molecule has 0 radical (unpaired) electrons. The van der Waals surface area contributed by atoms with Crippen molar-refractivity contribution in [3.05, 3.63) is 45.2 Å². The molecular weight excluding hydrogens is 307 g/mol. The number of para-hydroxylation sites is 1. The maximum Gasteiger partial charge on any atom is 0.536 e. The second-order valence-electron chi connectivity index (χ2n) is 3.44. The molecule has 0 saturated heterocycles. The summed E-state index contributed by atoms with van der Waals surface area (Å²) in [4.78, 5) is 23.0. The fourth-order valence-electron chi connectivity index (χ4n) is 1.26. The third kappa shape index (κ3) is 2.27. The molecule has 11 heteroatoms. The Labute approximate surface area is 107 Å². The van der Waals surface area contributed by atoms with E-state index in [9.17, 15) is 31.2 Å². The number of aromatic nitrogens is 1. The third-order valence-electron chi connectivity index (χ3n) is 2.12. The number of rotatable bonds is 2. The van der Waals surface area contributed by atoms with E-state index in [0.717, 1.165) is 6.07 Å². The molecule has 0 aliphatic rings. The molecule has 1 aromatic carbocycles. The van der Waals surface area contributed by atoms with Crippen LogP contribution in [-0.2, 0) is 10.1 Å². The summed E-state index contributed by atoms with van der Waals surface area (Å²) in [6.07, 6.45) is 0. The van der Waals surface area contributed by atoms with Crippen LogP contribution in [-0.4, -0.2) is 18.7 Å². The van der Waals surface area contributed by atoms with Gasteiger partial charge >= 0.3 is 26.9 Å². The van der Waals surface area contributed by atoms with Crippen LogP contribution in [0.2, 0.25) is 0 Å². The molecule has 108 valence electrons. The van der Waals surface area contributed by atoms with Gasteiger partial charge in [0.15, 0.2) is 0 Å². The van der Waals surface area contributed by atoms with Gasteiger partial charge in [-0.15, -0.1) is 0 Å². The van der Waals surface area contributed by atoms with Crippen molar-refractivity contribution in [2.24, 2.45) is 0 Å². The first-order chi connectivity index (χ1) is 9.13. The number of hydrogen-bond acceptors (Lipinski definition) is 6. The van der Waals surface area contributed by atoms with Crippen molar-refractivity contribution in [1.82, 2.24) is 4.73 Å². The van der Waals surface area contributed by atoms with Gasteiger partial charge in [0.1, 0.15) is 5.58 Å². The lowest BCUT2D eigenvalue weighted by Crippen LogP contribution is -2.44. The zero-order chi connectivity index (χ0) is 15.1. The van der Waals surface area contributed by atoms with Crippen LogP contribution in [0.3, 0.4) is 0 Å². The van der Waals surface area contributed by atoms with Crippen LogP contribution in [0.5, 0.6) is 0 Å². The molecule has 0 aliphatic heterocycles. The van der Waals surface area contributed by atoms with Crippen molar-refractivity contribution < 1.29 is 30.3 Å². The maximum absolute atomic E-state index is 12.1. The maximum atomic E-state index is 12.1. The Kier molecular flexibility index (Phi) is 3.08. The van der Waals surface area contributed by atoms with Crippen molar-refractivity contribution in [1.29, 1.82) is 0 Å². The van der Waals surface area contributed by atoms with Gasteiger partial charge in [0.2, 0.25) is 0 Å². The highest BCUT2D eigenvalue weighted by molar-refractivity contribution is 7.87. The van der Waals surface area contributed by atoms with Crippen molar-refractivity contribution in [3.8, 4) is 0 Å². The van der Waals surface area contributed by atoms with Crippen LogP contribution in [0.1, 0.15) is 0 Å². The molecule has 0 N–H and O–H groups in total. The molecule has 0 fully saturated rings. The van der Waals surface area contributed by atoms with Crippen LogP contribution >= 0.6 is 0 Å². The highest BCUT2D eigenvalue weighted by Gasteiger charge is 2.49. The SMILES string of the molecule is O=c1oc2ccccc2c(=O)n1OS(=O)(=O)C(F)(F)F. The van der Waals surface area contributed by atoms with Crippen molar-refractivity contribution in [2.45, 2.75) is 5.51 Å². The van der Waals surface area contributed by atoms with E-state index in [1.807, 2.05) is 0 Å². The summed E-state index contributed by atoms with van der Waals surface area (Å²) in [5.41, 5.74) is -7.39. The molecule has 0 atom stereocenters. The minimum Gasteiger partial charge on any atom is -0.407 e. The van der Waals surface area contributed by atoms with Crippen molar-refractivity contribution >= 4 is 21.1 Å². The van der Waals surface area contributed by atoms with Gasteiger partial charge in [-0.2, -0.15) is 21.6 Å². The van der Waals surface area contributed by atoms with E-state index in [4.69, 9.17) is 0 Å². The number of benzene rings is 1. The highest BCUT2D eigenvalue weighted by Crippen LogP contribution is 2.22. The largest absolute Gasteiger partial charge is 0.536 e. The summed E-state index contributed by atoms with van der Waals surface area (Å²) in [5.74, 6) is -1.69. The molecule has 1 heterocycles. The van der Waals surface area contributed by atoms with E-state index < -0.39 is 31.7 Å². The lowest BCUT2D eigenvalue weighted by molar-refractivity contribution is -0.0556. The second-order valence-corrected chi connectivity index (χ2v) is 4.96. The number of alkyl halides is 3. The fraction of sp³-hybridized carbons (Fsp3) is 0.111. The Morgan fingerprint density at radius 1 is 1.15 bits per heavy atom. The quantitative estimate of drug-likeness (QED) is 0.737. The first-order valence-corrected chi connectivity index (χ1v) is 6.20. The van der Waals surface area contributed by atoms with Gasteiger partial charge in [0.05, 0.1) is 5.39 Å². The van der Waals surface area contributed by atoms with Crippen molar-refractivity contribution in [2.75, 3.05) is 0 Å². The Morgan fingerprint density at radius 3 is 2.35 bits per heavy atom. The molecule has 1 aromatic heterocycles. The average Bonchev–Trinajstić information content (AvgIpc) is 2.33. The van der Waals surface area contributed by atoms with Gasteiger partial charge in [-0.3, -0.25) is 9.08 Å². The van der Waals surface area contributed by atoms with Crippen LogP contribution < -0.4 is 15.6 Å². The predicted molar refractivity (Wildman–Crippen MR) is 58.3 cm³/mol. The number of nitrogens with zero attached hydrogens (tertiary/aromatic N) is 1. The van der Waals surface area contributed by atoms with E-state index in [1.54, 1.807) is 0 Å². The Bertz CT molecular complexity index is 879. The highest BCUT2D eigenvalue weighted by atomic mass is 32.2. The van der Waals surface area contributed by atoms with Crippen molar-refractivity contribution in [3.63, 3.8) is 0 Å². The van der Waals surface area contributed by atoms with Gasteiger partial charge in [-0.25, -0.2) is 4.79 Å². The van der Waals surface area contributed by atoms with Gasteiger partial charge in [0.25, 0.3) is 0 Å². The molecule has 20 heavy (non-hydrogen) atoms. The van der Waals surface area contributed by atoms with Crippen LogP contribution in [0, 0.1) is 0 Å². The monoisotopic (exact) mass is 311 g/mol. The lowest BCUT2D eigenvalue weighted by Gasteiger charge is -2.09. The van der Waals surface area contributed by atoms with Crippen LogP contribution in [0.25, 0.3) is 11.0 Å². The minimum atomic E-state index is -6.16. The molecule has 0 aliphatic carbocycles. The lowest BCUT2D eigenvalue weighted by atomic mass is 10.3. The van der Waals surface area contributed by atoms with E-state index in [1.165, 1.54) is 18.2 Å². The molecule has 0 amide bonds. The van der Waals surface area contributed by atoms with Gasteiger partial charge < -0.3 is 4.42 Å². The molecule has 0 bridgehead atoms. The summed E-state index contributed by atoms with van der Waals surface area (Å²) >= 11 is 0. The standard InChI is InChI=1S/C9H4F3NO6S/c10-9(11,12)20(16,17)19-13-7(14)5-3-1-2-4-6(5)18-8(13)15/h1-4H. The zero-order valence-corrected chi connectivity index (χ0v) is 10.1. The number of hydrogen-bond donors (Lipinski definition) is 0. The Morgan fingerprint density at radius 2 is 1.75 bits per heavy atom. The first kappa shape index (κ1) is 14.1. The fourth-order valence-corrected chi connectivity index (χ4v) is 1.67. The van der Waals surface area contributed by atoms with Gasteiger partial charge in [-0.05, 0) is 12.1 Å². The van der Waals surface area contributed by atoms with Gasteiger partial charge in [0, 0.05) is 0 Å². The molecule has 7 nitrogen and oxygen atoms in total. The summed E-state index contributed by atoms with van der Waals surface area (Å²) < 4.78 is 65.3. The topological polar surface area (TPSA) is 95.6 Å². The average molecular weight is 311 g/mol. The third-order valence-corrected chi connectivity index (χ3v) is 3.03. The minimum absolute atomic E-state index is 0.216. The molecule has 2 rings (SSSR count). The zero-order valence-electron chi connectivity index (χ0n) is 9.25. The number of fused-ring (bicyclic) bond motifs is 1. The molecule has 0 unspecified atom stereocenters. The molecular formula is C9H4F3NO6S. The Balaban J connectivity index is 2.69. The first-order valence-electron chi connectivity index (χ1n) is 4.79. The molecule has 0 spiro atoms. The van der Waals surface area contributed by atoms with E-state index in [0.29, 0.717) is 0 Å². The summed E-state index contributed by atoms with van der Waals surface area (Å²) in [6.45, 7) is 0. The smallest absolute Gasteiger partial charge is 0.407 e. The summed E-state index contributed by atoms with van der Waals surface area (Å²) in [7, 11) is -6.16. The van der Waals surface area contributed by atoms with E-state index in [-0.39, 0.29) is 11.0 Å². The van der Waals surface area contributed by atoms with Crippen LogP contribution in [0.15, 0.2) is 38.3 Å². The predicted octanol–water partition coefficient (Wildman–Crippen LogP) is 0.233. The van der Waals surface area contributed by atoms with Crippen LogP contribution in [0.4, 0.5) is 13.2 Å². The van der Waals surface area contributed by atoms with Gasteiger partial charge in [-0.1, -0.05) is 16.9 Å². The molecule has 2 aromatic rings. The molecule has 0 saturated carbocycles. The Hall–Kier alpha value is -2.30.